The Hall–Kier alpha value is -2.69. The Morgan fingerprint density at radius 1 is 1.36 bits per heavy atom. The molecule has 0 bridgehead atoms. The summed E-state index contributed by atoms with van der Waals surface area (Å²) in [6.07, 6.45) is 1.60. The van der Waals surface area contributed by atoms with Crippen molar-refractivity contribution < 1.29 is 19.2 Å². The number of nitro benzene ring substituents is 1. The lowest BCUT2D eigenvalue weighted by molar-refractivity contribution is -0.384. The maximum absolute atomic E-state index is 10.9. The van der Waals surface area contributed by atoms with E-state index in [9.17, 15) is 14.9 Å². The highest BCUT2D eigenvalue weighted by atomic mass is 127. The summed E-state index contributed by atoms with van der Waals surface area (Å²) >= 11 is 2.05. The van der Waals surface area contributed by atoms with Gasteiger partial charge in [-0.15, -0.1) is 0 Å². The van der Waals surface area contributed by atoms with Gasteiger partial charge in [0, 0.05) is 18.3 Å². The molecule has 0 aliphatic heterocycles. The molecular formula is C16H14IN3O5. The van der Waals surface area contributed by atoms with Gasteiger partial charge in [-0.3, -0.25) is 19.9 Å². The lowest BCUT2D eigenvalue weighted by atomic mass is 10.2. The van der Waals surface area contributed by atoms with E-state index in [-0.39, 0.29) is 12.3 Å². The van der Waals surface area contributed by atoms with Crippen LogP contribution in [0, 0.1) is 13.7 Å². The second-order valence-electron chi connectivity index (χ2n) is 4.82. The average Bonchev–Trinajstić information content (AvgIpc) is 2.58. The summed E-state index contributed by atoms with van der Waals surface area (Å²) in [6, 6.07) is 9.39. The first-order valence-corrected chi connectivity index (χ1v) is 8.05. The number of hydrogen-bond acceptors (Lipinski definition) is 6. The second-order valence-corrected chi connectivity index (χ2v) is 5.98. The van der Waals surface area contributed by atoms with Crippen molar-refractivity contribution in [2.45, 2.75) is 0 Å². The summed E-state index contributed by atoms with van der Waals surface area (Å²) in [4.78, 5) is 25.3. The third-order valence-corrected chi connectivity index (χ3v) is 3.84. The molecule has 0 aliphatic carbocycles. The predicted octanol–water partition coefficient (Wildman–Crippen LogP) is 2.82. The van der Waals surface area contributed by atoms with Crippen LogP contribution in [-0.4, -0.2) is 30.8 Å². The van der Waals surface area contributed by atoms with Gasteiger partial charge in [0.05, 0.1) is 21.3 Å². The van der Waals surface area contributed by atoms with Crippen LogP contribution >= 0.6 is 22.6 Å². The lowest BCUT2D eigenvalue weighted by Crippen LogP contribution is -2.20. The number of nitro groups is 1. The standard InChI is InChI=1S/C16H14IN3O5/c1-24-14-7-10(6-13(17)16(14)25-9-15(18)21)8-19-11-2-4-12(5-3-11)20(22)23/h2-8H,9H2,1H3,(H2,18,21). The van der Waals surface area contributed by atoms with E-state index in [0.717, 1.165) is 9.13 Å². The van der Waals surface area contributed by atoms with Crippen molar-refractivity contribution in [1.82, 2.24) is 0 Å². The van der Waals surface area contributed by atoms with Crippen LogP contribution in [0.1, 0.15) is 5.56 Å². The molecule has 8 nitrogen and oxygen atoms in total. The van der Waals surface area contributed by atoms with Gasteiger partial charge in [0.25, 0.3) is 11.6 Å². The van der Waals surface area contributed by atoms with E-state index in [2.05, 4.69) is 27.6 Å². The molecule has 1 amide bonds. The zero-order valence-corrected chi connectivity index (χ0v) is 15.3. The zero-order chi connectivity index (χ0) is 18.4. The lowest BCUT2D eigenvalue weighted by Gasteiger charge is -2.12. The minimum atomic E-state index is -0.582. The number of aliphatic imine (C=N–C) groups is 1. The van der Waals surface area contributed by atoms with Gasteiger partial charge in [-0.25, -0.2) is 0 Å². The van der Waals surface area contributed by atoms with E-state index in [1.54, 1.807) is 30.5 Å². The smallest absolute Gasteiger partial charge is 0.269 e. The Morgan fingerprint density at radius 3 is 2.60 bits per heavy atom. The topological polar surface area (TPSA) is 117 Å². The number of carbonyl (C=O) groups is 1. The molecule has 0 heterocycles. The molecule has 2 rings (SSSR count). The van der Waals surface area contributed by atoms with Crippen molar-refractivity contribution in [2.75, 3.05) is 13.7 Å². The molecule has 2 aromatic rings. The van der Waals surface area contributed by atoms with Gasteiger partial charge >= 0.3 is 0 Å². The van der Waals surface area contributed by atoms with E-state index in [1.165, 1.54) is 19.2 Å². The second kappa shape index (κ2) is 8.42. The predicted molar refractivity (Wildman–Crippen MR) is 101 cm³/mol. The van der Waals surface area contributed by atoms with Crippen molar-refractivity contribution in [3.8, 4) is 11.5 Å². The molecule has 0 aliphatic rings. The molecule has 2 aromatic carbocycles. The fraction of sp³-hybridized carbons (Fsp3) is 0.125. The largest absolute Gasteiger partial charge is 0.493 e. The number of nitrogens with zero attached hydrogens (tertiary/aromatic N) is 2. The van der Waals surface area contributed by atoms with Gasteiger partial charge in [0.2, 0.25) is 0 Å². The summed E-state index contributed by atoms with van der Waals surface area (Å²) in [5.41, 5.74) is 6.41. The maximum Gasteiger partial charge on any atom is 0.269 e. The van der Waals surface area contributed by atoms with E-state index >= 15 is 0 Å². The van der Waals surface area contributed by atoms with Gasteiger partial charge in [-0.1, -0.05) is 0 Å². The first-order chi connectivity index (χ1) is 11.9. The minimum Gasteiger partial charge on any atom is -0.493 e. The third kappa shape index (κ3) is 5.14. The molecule has 25 heavy (non-hydrogen) atoms. The molecule has 2 N–H and O–H groups in total. The quantitative estimate of drug-likeness (QED) is 0.298. The SMILES string of the molecule is COc1cc(C=Nc2ccc([N+](=O)[O-])cc2)cc(I)c1OCC(N)=O. The van der Waals surface area contributed by atoms with E-state index in [4.69, 9.17) is 15.2 Å². The fourth-order valence-electron chi connectivity index (χ4n) is 1.91. The minimum absolute atomic E-state index is 0.00567. The Balaban J connectivity index is 2.23. The average molecular weight is 455 g/mol. The van der Waals surface area contributed by atoms with Crippen molar-refractivity contribution in [1.29, 1.82) is 0 Å². The number of benzene rings is 2. The molecular weight excluding hydrogens is 441 g/mol. The number of halogens is 1. The third-order valence-electron chi connectivity index (χ3n) is 3.03. The molecule has 0 fully saturated rings. The fourth-order valence-corrected chi connectivity index (χ4v) is 2.69. The molecule has 0 unspecified atom stereocenters. The highest BCUT2D eigenvalue weighted by molar-refractivity contribution is 14.1. The van der Waals surface area contributed by atoms with Crippen LogP contribution < -0.4 is 15.2 Å². The number of rotatable bonds is 7. The monoisotopic (exact) mass is 455 g/mol. The van der Waals surface area contributed by atoms with Gasteiger partial charge < -0.3 is 15.2 Å². The Bertz CT molecular complexity index is 821. The number of carbonyl (C=O) groups excluding carboxylic acids is 1. The van der Waals surface area contributed by atoms with Crippen molar-refractivity contribution in [3.05, 3.63) is 55.6 Å². The van der Waals surface area contributed by atoms with Crippen LogP contribution in [0.5, 0.6) is 11.5 Å². The van der Waals surface area contributed by atoms with Crippen LogP contribution in [0.2, 0.25) is 0 Å². The van der Waals surface area contributed by atoms with Gasteiger partial charge in [0.15, 0.2) is 18.1 Å². The van der Waals surface area contributed by atoms with Crippen molar-refractivity contribution in [3.63, 3.8) is 0 Å². The summed E-state index contributed by atoms with van der Waals surface area (Å²) in [7, 11) is 1.49. The number of hydrogen-bond donors (Lipinski definition) is 1. The first-order valence-electron chi connectivity index (χ1n) is 6.98. The summed E-state index contributed by atoms with van der Waals surface area (Å²) in [6.45, 7) is -0.247. The molecule has 0 saturated carbocycles. The van der Waals surface area contributed by atoms with Crippen LogP contribution in [0.3, 0.4) is 0 Å². The molecule has 130 valence electrons. The summed E-state index contributed by atoms with van der Waals surface area (Å²) in [5.74, 6) is 0.286. The normalized spacial score (nSPS) is 10.6. The molecule has 0 radical (unpaired) electrons. The van der Waals surface area contributed by atoms with Crippen LogP contribution in [0.4, 0.5) is 11.4 Å². The number of primary amides is 1. The number of methoxy groups -OCH3 is 1. The molecule has 0 saturated heterocycles. The zero-order valence-electron chi connectivity index (χ0n) is 13.1. The summed E-state index contributed by atoms with van der Waals surface area (Å²) in [5, 5.41) is 10.6. The van der Waals surface area contributed by atoms with Crippen LogP contribution in [0.25, 0.3) is 0 Å². The maximum atomic E-state index is 10.9. The van der Waals surface area contributed by atoms with Crippen molar-refractivity contribution >= 4 is 46.1 Å². The van der Waals surface area contributed by atoms with Gasteiger partial charge in [-0.05, 0) is 52.4 Å². The summed E-state index contributed by atoms with van der Waals surface area (Å²) < 4.78 is 11.4. The number of ether oxygens (including phenoxy) is 2. The van der Waals surface area contributed by atoms with Gasteiger partial charge in [-0.2, -0.15) is 0 Å². The first kappa shape index (κ1) is 18.6. The van der Waals surface area contributed by atoms with E-state index in [1.807, 2.05) is 0 Å². The van der Waals surface area contributed by atoms with Crippen LogP contribution in [-0.2, 0) is 4.79 Å². The van der Waals surface area contributed by atoms with E-state index < -0.39 is 10.8 Å². The highest BCUT2D eigenvalue weighted by Gasteiger charge is 2.12. The van der Waals surface area contributed by atoms with Gasteiger partial charge in [0.1, 0.15) is 0 Å². The molecule has 0 aromatic heterocycles. The molecule has 0 spiro atoms. The Labute approximate surface area is 156 Å². The Kier molecular flexibility index (Phi) is 6.28. The number of nitrogens with two attached hydrogens (primary N) is 1. The number of non-ortho nitro benzene ring substituents is 1. The molecule has 0 atom stereocenters. The van der Waals surface area contributed by atoms with Crippen molar-refractivity contribution in [2.24, 2.45) is 10.7 Å². The molecule has 9 heteroatoms. The van der Waals surface area contributed by atoms with E-state index in [0.29, 0.717) is 17.2 Å². The highest BCUT2D eigenvalue weighted by Crippen LogP contribution is 2.33. The Morgan fingerprint density at radius 2 is 2.04 bits per heavy atom. The van der Waals surface area contributed by atoms with Crippen LogP contribution in [0.15, 0.2) is 41.4 Å². The number of amides is 1.